The predicted molar refractivity (Wildman–Crippen MR) is 78.9 cm³/mol. The van der Waals surface area contributed by atoms with Crippen LogP contribution in [0.5, 0.6) is 11.5 Å². The van der Waals surface area contributed by atoms with Crippen molar-refractivity contribution in [3.05, 3.63) is 54.6 Å². The number of ether oxygens (including phenoxy) is 2. The van der Waals surface area contributed by atoms with Gasteiger partial charge in [0.25, 0.3) is 0 Å². The molecule has 134 valence electrons. The van der Waals surface area contributed by atoms with E-state index in [1.807, 2.05) is 0 Å². The zero-order valence-corrected chi connectivity index (χ0v) is 12.8. The summed E-state index contributed by atoms with van der Waals surface area (Å²) >= 11 is 0. The maximum absolute atomic E-state index is 12.8. The van der Waals surface area contributed by atoms with Gasteiger partial charge in [0.05, 0.1) is 0 Å². The van der Waals surface area contributed by atoms with Gasteiger partial charge < -0.3 is 9.47 Å². The maximum Gasteiger partial charge on any atom is 0.499 e. The van der Waals surface area contributed by atoms with Crippen LogP contribution in [0.15, 0.2) is 54.6 Å². The number of nitrogens with zero attached hydrogens (tertiary/aromatic N) is 1. The van der Waals surface area contributed by atoms with Gasteiger partial charge in [0.2, 0.25) is 0 Å². The Kier molecular flexibility index (Phi) is 5.15. The molecule has 0 aromatic heterocycles. The van der Waals surface area contributed by atoms with Crippen LogP contribution in [-0.2, 0) is 0 Å². The summed E-state index contributed by atoms with van der Waals surface area (Å²) in [5.74, 6) is -0.769. The van der Waals surface area contributed by atoms with Crippen molar-refractivity contribution in [1.29, 1.82) is 0 Å². The lowest BCUT2D eigenvalue weighted by Gasteiger charge is -2.20. The SMILES string of the molecule is CN(C(=O)Oc1ccc(OC(F)(F)C(F)(F)F)cc1)c1ccccc1. The smallest absolute Gasteiger partial charge is 0.426 e. The molecule has 0 unspecified atom stereocenters. The van der Waals surface area contributed by atoms with Gasteiger partial charge in [0.1, 0.15) is 11.5 Å². The van der Waals surface area contributed by atoms with Gasteiger partial charge in [-0.3, -0.25) is 4.90 Å². The van der Waals surface area contributed by atoms with Crippen molar-refractivity contribution in [3.63, 3.8) is 0 Å². The molecule has 0 N–H and O–H groups in total. The van der Waals surface area contributed by atoms with E-state index in [4.69, 9.17) is 4.74 Å². The number of carbonyl (C=O) groups excluding carboxylic acids is 1. The van der Waals surface area contributed by atoms with Crippen molar-refractivity contribution < 1.29 is 36.2 Å². The van der Waals surface area contributed by atoms with Crippen LogP contribution in [0.2, 0.25) is 0 Å². The van der Waals surface area contributed by atoms with Crippen LogP contribution in [-0.4, -0.2) is 25.4 Å². The normalized spacial score (nSPS) is 11.8. The highest BCUT2D eigenvalue weighted by atomic mass is 19.4. The molecule has 2 aromatic rings. The molecule has 0 fully saturated rings. The number of alkyl halides is 5. The Bertz CT molecular complexity index is 717. The zero-order chi connectivity index (χ0) is 18.7. The standard InChI is InChI=1S/C16H12F5NO3/c1-22(11-5-3-2-4-6-11)14(23)24-12-7-9-13(10-8-12)25-16(20,21)15(17,18)19/h2-10H,1H3. The Balaban J connectivity index is 2.02. The largest absolute Gasteiger partial charge is 0.499 e. The lowest BCUT2D eigenvalue weighted by molar-refractivity contribution is -0.360. The van der Waals surface area contributed by atoms with Gasteiger partial charge >= 0.3 is 18.4 Å². The summed E-state index contributed by atoms with van der Waals surface area (Å²) in [6, 6.07) is 12.3. The van der Waals surface area contributed by atoms with Crippen LogP contribution in [0.3, 0.4) is 0 Å². The molecular weight excluding hydrogens is 349 g/mol. The molecule has 0 saturated heterocycles. The molecule has 0 spiro atoms. The number of rotatable bonds is 4. The average Bonchev–Trinajstić information content (AvgIpc) is 2.55. The Labute approximate surface area is 139 Å². The minimum Gasteiger partial charge on any atom is -0.426 e. The number of halogens is 5. The fourth-order valence-electron chi connectivity index (χ4n) is 1.71. The average molecular weight is 361 g/mol. The fourth-order valence-corrected chi connectivity index (χ4v) is 1.71. The van der Waals surface area contributed by atoms with Crippen molar-refractivity contribution in [2.24, 2.45) is 0 Å². The molecule has 0 heterocycles. The first kappa shape index (κ1) is 18.5. The summed E-state index contributed by atoms with van der Waals surface area (Å²) in [5, 5.41) is 0. The van der Waals surface area contributed by atoms with Crippen molar-refractivity contribution in [1.82, 2.24) is 0 Å². The van der Waals surface area contributed by atoms with E-state index in [2.05, 4.69) is 4.74 Å². The number of benzene rings is 2. The highest BCUT2D eigenvalue weighted by Crippen LogP contribution is 2.37. The summed E-state index contributed by atoms with van der Waals surface area (Å²) < 4.78 is 70.4. The van der Waals surface area contributed by atoms with E-state index in [0.29, 0.717) is 5.69 Å². The predicted octanol–water partition coefficient (Wildman–Crippen LogP) is 4.86. The van der Waals surface area contributed by atoms with E-state index in [1.165, 1.54) is 11.9 Å². The quantitative estimate of drug-likeness (QED) is 0.731. The molecule has 0 aliphatic heterocycles. The first-order chi connectivity index (χ1) is 11.6. The Hall–Kier alpha value is -2.84. The second-order valence-corrected chi connectivity index (χ2v) is 4.85. The molecule has 0 aliphatic carbocycles. The van der Waals surface area contributed by atoms with Crippen LogP contribution in [0.1, 0.15) is 0 Å². The third-order valence-electron chi connectivity index (χ3n) is 3.02. The molecule has 25 heavy (non-hydrogen) atoms. The van der Waals surface area contributed by atoms with E-state index in [1.54, 1.807) is 30.3 Å². The number of para-hydroxylation sites is 1. The second kappa shape index (κ2) is 6.96. The molecule has 0 atom stereocenters. The summed E-state index contributed by atoms with van der Waals surface area (Å²) in [5.41, 5.74) is 0.553. The summed E-state index contributed by atoms with van der Waals surface area (Å²) in [7, 11) is 1.46. The first-order valence-electron chi connectivity index (χ1n) is 6.84. The van der Waals surface area contributed by atoms with Crippen molar-refractivity contribution in [2.75, 3.05) is 11.9 Å². The number of anilines is 1. The Morgan fingerprint density at radius 2 is 1.40 bits per heavy atom. The summed E-state index contributed by atoms with van der Waals surface area (Å²) in [6.07, 6.45) is -11.9. The van der Waals surface area contributed by atoms with Crippen LogP contribution in [0.4, 0.5) is 32.4 Å². The highest BCUT2D eigenvalue weighted by molar-refractivity contribution is 5.88. The first-order valence-corrected chi connectivity index (χ1v) is 6.84. The summed E-state index contributed by atoms with van der Waals surface area (Å²) in [4.78, 5) is 13.2. The van der Waals surface area contributed by atoms with E-state index < -0.39 is 24.1 Å². The molecule has 0 radical (unpaired) electrons. The van der Waals surface area contributed by atoms with Crippen molar-refractivity contribution >= 4 is 11.8 Å². The lowest BCUT2D eigenvalue weighted by atomic mass is 10.3. The second-order valence-electron chi connectivity index (χ2n) is 4.85. The van der Waals surface area contributed by atoms with E-state index in [9.17, 15) is 26.7 Å². The van der Waals surface area contributed by atoms with Crippen molar-refractivity contribution in [2.45, 2.75) is 12.3 Å². The molecule has 0 saturated carbocycles. The molecule has 1 amide bonds. The number of carbonyl (C=O) groups is 1. The zero-order valence-electron chi connectivity index (χ0n) is 12.8. The molecule has 9 heteroatoms. The third kappa shape index (κ3) is 4.59. The Morgan fingerprint density at radius 1 is 0.880 bits per heavy atom. The van der Waals surface area contributed by atoms with Gasteiger partial charge in [-0.2, -0.15) is 22.0 Å². The molecule has 2 rings (SSSR count). The molecule has 4 nitrogen and oxygen atoms in total. The Morgan fingerprint density at radius 3 is 1.92 bits per heavy atom. The third-order valence-corrected chi connectivity index (χ3v) is 3.02. The van der Waals surface area contributed by atoms with Crippen LogP contribution < -0.4 is 14.4 Å². The van der Waals surface area contributed by atoms with E-state index in [-0.39, 0.29) is 5.75 Å². The monoisotopic (exact) mass is 361 g/mol. The minimum absolute atomic E-state index is 0.0459. The van der Waals surface area contributed by atoms with Gasteiger partial charge in [-0.15, -0.1) is 0 Å². The number of amides is 1. The van der Waals surface area contributed by atoms with Crippen LogP contribution in [0.25, 0.3) is 0 Å². The topological polar surface area (TPSA) is 38.8 Å². The van der Waals surface area contributed by atoms with Gasteiger partial charge in [-0.25, -0.2) is 4.79 Å². The van der Waals surface area contributed by atoms with E-state index in [0.717, 1.165) is 24.3 Å². The maximum atomic E-state index is 12.8. The molecular formula is C16H12F5NO3. The molecule has 2 aromatic carbocycles. The van der Waals surface area contributed by atoms with Gasteiger partial charge in [-0.05, 0) is 36.4 Å². The minimum atomic E-state index is -5.84. The van der Waals surface area contributed by atoms with Gasteiger partial charge in [-0.1, -0.05) is 18.2 Å². The van der Waals surface area contributed by atoms with E-state index >= 15 is 0 Å². The lowest BCUT2D eigenvalue weighted by Crippen LogP contribution is -2.41. The summed E-state index contributed by atoms with van der Waals surface area (Å²) in [6.45, 7) is 0. The fraction of sp³-hybridized carbons (Fsp3) is 0.188. The van der Waals surface area contributed by atoms with Crippen molar-refractivity contribution in [3.8, 4) is 11.5 Å². The highest BCUT2D eigenvalue weighted by Gasteiger charge is 2.61. The number of hydrogen-bond acceptors (Lipinski definition) is 3. The van der Waals surface area contributed by atoms with Gasteiger partial charge in [0, 0.05) is 12.7 Å². The van der Waals surface area contributed by atoms with Crippen LogP contribution in [0, 0.1) is 0 Å². The molecule has 0 aliphatic rings. The van der Waals surface area contributed by atoms with Crippen LogP contribution >= 0.6 is 0 Å². The number of hydrogen-bond donors (Lipinski definition) is 0. The van der Waals surface area contributed by atoms with Gasteiger partial charge in [0.15, 0.2) is 0 Å². The molecule has 0 bridgehead atoms.